The number of aliphatic carboxylic acids is 1. The van der Waals surface area contributed by atoms with Crippen LogP contribution in [-0.4, -0.2) is 28.3 Å². The van der Waals surface area contributed by atoms with Gasteiger partial charge >= 0.3 is 5.97 Å². The second-order valence-corrected chi connectivity index (χ2v) is 1.86. The van der Waals surface area contributed by atoms with Gasteiger partial charge in [0.15, 0.2) is 6.10 Å². The zero-order chi connectivity index (χ0) is 7.44. The van der Waals surface area contributed by atoms with Crippen LogP contribution in [0.5, 0.6) is 0 Å². The summed E-state index contributed by atoms with van der Waals surface area (Å²) in [4.78, 5) is 9.97. The van der Waals surface area contributed by atoms with Gasteiger partial charge in [-0.2, -0.15) is 0 Å². The van der Waals surface area contributed by atoms with Crippen LogP contribution in [0.2, 0.25) is 0 Å². The molecular formula is C5H11NO3. The Balaban J connectivity index is 3.72. The van der Waals surface area contributed by atoms with Crippen LogP contribution >= 0.6 is 0 Å². The van der Waals surface area contributed by atoms with Crippen LogP contribution in [0.25, 0.3) is 0 Å². The van der Waals surface area contributed by atoms with Crippen molar-refractivity contribution in [2.75, 3.05) is 0 Å². The van der Waals surface area contributed by atoms with Crippen molar-refractivity contribution in [1.29, 1.82) is 0 Å². The highest BCUT2D eigenvalue weighted by molar-refractivity contribution is 5.72. The van der Waals surface area contributed by atoms with Gasteiger partial charge in [-0.3, -0.25) is 0 Å². The SMILES string of the molecule is CC[C@H](N)[C@H](O)C(=O)O. The van der Waals surface area contributed by atoms with E-state index >= 15 is 0 Å². The fourth-order valence-electron chi connectivity index (χ4n) is 0.406. The molecule has 0 rings (SSSR count). The predicted octanol–water partition coefficient (Wildman–Crippen LogP) is -0.831. The average Bonchev–Trinajstić information content (AvgIpc) is 1.84. The molecule has 0 unspecified atom stereocenters. The number of carbonyl (C=O) groups is 1. The Morgan fingerprint density at radius 1 is 1.78 bits per heavy atom. The third kappa shape index (κ3) is 2.43. The van der Waals surface area contributed by atoms with Crippen molar-refractivity contribution in [3.63, 3.8) is 0 Å². The lowest BCUT2D eigenvalue weighted by Gasteiger charge is -2.11. The Bertz CT molecular complexity index is 104. The second-order valence-electron chi connectivity index (χ2n) is 1.86. The van der Waals surface area contributed by atoms with E-state index in [1.165, 1.54) is 0 Å². The molecule has 4 N–H and O–H groups in total. The Labute approximate surface area is 53.3 Å². The maximum Gasteiger partial charge on any atom is 0.334 e. The predicted molar refractivity (Wildman–Crippen MR) is 31.9 cm³/mol. The zero-order valence-electron chi connectivity index (χ0n) is 5.24. The molecular weight excluding hydrogens is 122 g/mol. The average molecular weight is 133 g/mol. The van der Waals surface area contributed by atoms with Gasteiger partial charge in [0.1, 0.15) is 0 Å². The number of carboxylic acid groups (broad SMARTS) is 1. The van der Waals surface area contributed by atoms with Crippen molar-refractivity contribution >= 4 is 5.97 Å². The number of hydrogen-bond donors (Lipinski definition) is 3. The summed E-state index contributed by atoms with van der Waals surface area (Å²) in [5.41, 5.74) is 5.19. The standard InChI is InChI=1S/C5H11NO3/c1-2-3(6)4(7)5(8)9/h3-4,7H,2,6H2,1H3,(H,8,9)/t3-,4-/m0/s1. The summed E-state index contributed by atoms with van der Waals surface area (Å²) in [6.45, 7) is 1.72. The first-order valence-corrected chi connectivity index (χ1v) is 2.76. The summed E-state index contributed by atoms with van der Waals surface area (Å²) < 4.78 is 0. The van der Waals surface area contributed by atoms with Crippen molar-refractivity contribution in [3.05, 3.63) is 0 Å². The molecule has 0 aliphatic rings. The van der Waals surface area contributed by atoms with E-state index in [1.807, 2.05) is 0 Å². The van der Waals surface area contributed by atoms with Crippen LogP contribution < -0.4 is 5.73 Å². The fraction of sp³-hybridized carbons (Fsp3) is 0.800. The molecule has 0 aromatic heterocycles. The molecule has 0 saturated carbocycles. The molecule has 0 heterocycles. The van der Waals surface area contributed by atoms with E-state index in [0.717, 1.165) is 0 Å². The molecule has 4 heteroatoms. The van der Waals surface area contributed by atoms with Crippen molar-refractivity contribution in [2.24, 2.45) is 5.73 Å². The molecule has 54 valence electrons. The molecule has 0 radical (unpaired) electrons. The smallest absolute Gasteiger partial charge is 0.334 e. The lowest BCUT2D eigenvalue weighted by molar-refractivity contribution is -0.147. The van der Waals surface area contributed by atoms with Crippen molar-refractivity contribution in [1.82, 2.24) is 0 Å². The molecule has 0 aromatic rings. The Morgan fingerprint density at radius 3 is 2.33 bits per heavy atom. The number of aliphatic hydroxyl groups is 1. The van der Waals surface area contributed by atoms with Crippen LogP contribution in [0.1, 0.15) is 13.3 Å². The van der Waals surface area contributed by atoms with E-state index in [9.17, 15) is 4.79 Å². The molecule has 0 bridgehead atoms. The quantitative estimate of drug-likeness (QED) is 0.469. The Morgan fingerprint density at radius 2 is 2.22 bits per heavy atom. The highest BCUT2D eigenvalue weighted by Gasteiger charge is 2.19. The summed E-state index contributed by atoms with van der Waals surface area (Å²) in [5.74, 6) is -1.26. The van der Waals surface area contributed by atoms with Crippen LogP contribution in [0.15, 0.2) is 0 Å². The van der Waals surface area contributed by atoms with Gasteiger partial charge in [0, 0.05) is 6.04 Å². The maximum absolute atomic E-state index is 9.97. The van der Waals surface area contributed by atoms with E-state index in [1.54, 1.807) is 6.92 Å². The van der Waals surface area contributed by atoms with Crippen LogP contribution in [-0.2, 0) is 4.79 Å². The van der Waals surface area contributed by atoms with E-state index in [2.05, 4.69) is 0 Å². The van der Waals surface area contributed by atoms with Gasteiger partial charge in [0.25, 0.3) is 0 Å². The van der Waals surface area contributed by atoms with Crippen LogP contribution in [0, 0.1) is 0 Å². The molecule has 0 aliphatic carbocycles. The van der Waals surface area contributed by atoms with Gasteiger partial charge in [-0.25, -0.2) is 4.79 Å². The normalized spacial score (nSPS) is 16.8. The highest BCUT2D eigenvalue weighted by Crippen LogP contribution is 1.93. The second kappa shape index (κ2) is 3.42. The molecule has 0 aromatic carbocycles. The van der Waals surface area contributed by atoms with Gasteiger partial charge < -0.3 is 15.9 Å². The Hall–Kier alpha value is -0.610. The first-order chi connectivity index (χ1) is 4.09. The fourth-order valence-corrected chi connectivity index (χ4v) is 0.406. The molecule has 0 spiro atoms. The van der Waals surface area contributed by atoms with E-state index < -0.39 is 18.1 Å². The first kappa shape index (κ1) is 8.39. The van der Waals surface area contributed by atoms with Gasteiger partial charge in [-0.15, -0.1) is 0 Å². The number of aliphatic hydroxyl groups excluding tert-OH is 1. The largest absolute Gasteiger partial charge is 0.479 e. The monoisotopic (exact) mass is 133 g/mol. The number of carboxylic acids is 1. The van der Waals surface area contributed by atoms with Gasteiger partial charge in [-0.05, 0) is 6.42 Å². The Kier molecular flexibility index (Phi) is 3.19. The maximum atomic E-state index is 9.97. The van der Waals surface area contributed by atoms with Crippen molar-refractivity contribution < 1.29 is 15.0 Å². The summed E-state index contributed by atoms with van der Waals surface area (Å²) in [6.07, 6.45) is -0.956. The molecule has 0 aliphatic heterocycles. The van der Waals surface area contributed by atoms with E-state index in [0.29, 0.717) is 6.42 Å². The molecule has 0 saturated heterocycles. The van der Waals surface area contributed by atoms with E-state index in [4.69, 9.17) is 15.9 Å². The lowest BCUT2D eigenvalue weighted by Crippen LogP contribution is -2.39. The highest BCUT2D eigenvalue weighted by atomic mass is 16.4. The number of hydrogen-bond acceptors (Lipinski definition) is 3. The van der Waals surface area contributed by atoms with Crippen LogP contribution in [0.4, 0.5) is 0 Å². The van der Waals surface area contributed by atoms with E-state index in [-0.39, 0.29) is 0 Å². The molecule has 0 amide bonds. The minimum Gasteiger partial charge on any atom is -0.479 e. The number of rotatable bonds is 3. The summed E-state index contributed by atoms with van der Waals surface area (Å²) in [7, 11) is 0. The minimum atomic E-state index is -1.42. The van der Waals surface area contributed by atoms with Crippen molar-refractivity contribution in [3.8, 4) is 0 Å². The summed E-state index contributed by atoms with van der Waals surface area (Å²) >= 11 is 0. The first-order valence-electron chi connectivity index (χ1n) is 2.76. The third-order valence-corrected chi connectivity index (χ3v) is 1.13. The van der Waals surface area contributed by atoms with Gasteiger partial charge in [0.2, 0.25) is 0 Å². The van der Waals surface area contributed by atoms with Gasteiger partial charge in [-0.1, -0.05) is 6.92 Å². The molecule has 0 fully saturated rings. The zero-order valence-corrected chi connectivity index (χ0v) is 5.24. The molecule has 9 heavy (non-hydrogen) atoms. The molecule has 4 nitrogen and oxygen atoms in total. The van der Waals surface area contributed by atoms with Crippen LogP contribution in [0.3, 0.4) is 0 Å². The third-order valence-electron chi connectivity index (χ3n) is 1.13. The number of nitrogens with two attached hydrogens (primary N) is 1. The lowest BCUT2D eigenvalue weighted by atomic mass is 10.1. The minimum absolute atomic E-state index is 0.466. The topological polar surface area (TPSA) is 83.5 Å². The summed E-state index contributed by atoms with van der Waals surface area (Å²) in [6, 6.07) is -0.650. The summed E-state index contributed by atoms with van der Waals surface area (Å²) in [5, 5.41) is 16.8. The van der Waals surface area contributed by atoms with Gasteiger partial charge in [0.05, 0.1) is 0 Å². The molecule has 2 atom stereocenters. The van der Waals surface area contributed by atoms with Crippen molar-refractivity contribution in [2.45, 2.75) is 25.5 Å².